The van der Waals surface area contributed by atoms with Crippen LogP contribution in [-0.2, 0) is 0 Å². The summed E-state index contributed by atoms with van der Waals surface area (Å²) in [6.07, 6.45) is 3.81. The number of halogens is 1. The van der Waals surface area contributed by atoms with Gasteiger partial charge in [0.2, 0.25) is 0 Å². The third kappa shape index (κ3) is 3.64. The molecular weight excluding hydrogens is 274 g/mol. The van der Waals surface area contributed by atoms with Gasteiger partial charge >= 0.3 is 0 Å². The topological polar surface area (TPSA) is 58.4 Å². The van der Waals surface area contributed by atoms with Gasteiger partial charge in [-0.25, -0.2) is 0 Å². The van der Waals surface area contributed by atoms with Crippen LogP contribution in [0.2, 0.25) is 5.02 Å². The molecule has 1 unspecified atom stereocenters. The molecule has 1 aliphatic rings. The van der Waals surface area contributed by atoms with E-state index in [2.05, 4.69) is 17.1 Å². The SMILES string of the molecule is CC(CNC(=O)c1cccc(N)c1Cl)N1CCCCC1. The van der Waals surface area contributed by atoms with Gasteiger partial charge in [0.1, 0.15) is 0 Å². The number of nitrogens with two attached hydrogens (primary N) is 1. The van der Waals surface area contributed by atoms with Crippen molar-refractivity contribution in [3.8, 4) is 0 Å². The highest BCUT2D eigenvalue weighted by atomic mass is 35.5. The fourth-order valence-corrected chi connectivity index (χ4v) is 2.76. The van der Waals surface area contributed by atoms with E-state index < -0.39 is 0 Å². The Kier molecular flexibility index (Phi) is 5.26. The Labute approximate surface area is 125 Å². The van der Waals surface area contributed by atoms with Crippen molar-refractivity contribution in [1.82, 2.24) is 10.2 Å². The molecule has 1 heterocycles. The van der Waals surface area contributed by atoms with Crippen molar-refractivity contribution in [1.29, 1.82) is 0 Å². The van der Waals surface area contributed by atoms with Crippen molar-refractivity contribution in [3.05, 3.63) is 28.8 Å². The number of anilines is 1. The minimum atomic E-state index is -0.161. The van der Waals surface area contributed by atoms with Crippen LogP contribution in [0.4, 0.5) is 5.69 Å². The zero-order chi connectivity index (χ0) is 14.5. The van der Waals surface area contributed by atoms with Gasteiger partial charge in [-0.15, -0.1) is 0 Å². The molecule has 0 aliphatic carbocycles. The lowest BCUT2D eigenvalue weighted by Crippen LogP contribution is -2.44. The number of rotatable bonds is 4. The maximum atomic E-state index is 12.1. The molecule has 0 saturated carbocycles. The van der Waals surface area contributed by atoms with Crippen LogP contribution in [0.1, 0.15) is 36.5 Å². The van der Waals surface area contributed by atoms with E-state index in [1.807, 2.05) is 0 Å². The van der Waals surface area contributed by atoms with Gasteiger partial charge in [0.05, 0.1) is 16.3 Å². The normalized spacial score (nSPS) is 17.7. The first kappa shape index (κ1) is 15.1. The van der Waals surface area contributed by atoms with Gasteiger partial charge in [-0.05, 0) is 45.0 Å². The summed E-state index contributed by atoms with van der Waals surface area (Å²) >= 11 is 6.06. The van der Waals surface area contributed by atoms with E-state index in [0.29, 0.717) is 28.9 Å². The van der Waals surface area contributed by atoms with E-state index in [0.717, 1.165) is 13.1 Å². The van der Waals surface area contributed by atoms with E-state index in [4.69, 9.17) is 17.3 Å². The number of nitrogens with one attached hydrogen (secondary N) is 1. The van der Waals surface area contributed by atoms with Crippen molar-refractivity contribution in [2.75, 3.05) is 25.4 Å². The number of carbonyl (C=O) groups excluding carboxylic acids is 1. The quantitative estimate of drug-likeness (QED) is 0.839. The summed E-state index contributed by atoms with van der Waals surface area (Å²) < 4.78 is 0. The summed E-state index contributed by atoms with van der Waals surface area (Å²) in [5.74, 6) is -0.161. The second-order valence-corrected chi connectivity index (χ2v) is 5.74. The van der Waals surface area contributed by atoms with Crippen LogP contribution >= 0.6 is 11.6 Å². The minimum Gasteiger partial charge on any atom is -0.398 e. The number of carbonyl (C=O) groups is 1. The van der Waals surface area contributed by atoms with Gasteiger partial charge in [0, 0.05) is 12.6 Å². The highest BCUT2D eigenvalue weighted by Gasteiger charge is 2.18. The number of hydrogen-bond acceptors (Lipinski definition) is 3. The molecule has 4 nitrogen and oxygen atoms in total. The lowest BCUT2D eigenvalue weighted by Gasteiger charge is -2.32. The smallest absolute Gasteiger partial charge is 0.252 e. The molecule has 110 valence electrons. The van der Waals surface area contributed by atoms with E-state index in [9.17, 15) is 4.79 Å². The van der Waals surface area contributed by atoms with E-state index >= 15 is 0 Å². The predicted molar refractivity (Wildman–Crippen MR) is 83.1 cm³/mol. The fraction of sp³-hybridized carbons (Fsp3) is 0.533. The minimum absolute atomic E-state index is 0.161. The van der Waals surface area contributed by atoms with Gasteiger partial charge in [-0.1, -0.05) is 24.1 Å². The molecule has 1 aromatic carbocycles. The summed E-state index contributed by atoms with van der Waals surface area (Å²) in [7, 11) is 0. The van der Waals surface area contributed by atoms with E-state index in [1.54, 1.807) is 18.2 Å². The van der Waals surface area contributed by atoms with E-state index in [-0.39, 0.29) is 5.91 Å². The first-order chi connectivity index (χ1) is 9.59. The molecule has 0 spiro atoms. The molecule has 1 aromatic rings. The Morgan fingerprint density at radius 3 is 2.80 bits per heavy atom. The molecule has 1 aliphatic heterocycles. The molecule has 5 heteroatoms. The maximum Gasteiger partial charge on any atom is 0.252 e. The first-order valence-corrected chi connectivity index (χ1v) is 7.53. The standard InChI is InChI=1S/C15H22ClN3O/c1-11(19-8-3-2-4-9-19)10-18-15(20)12-6-5-7-13(17)14(12)16/h5-7,11H,2-4,8-10,17H2,1H3,(H,18,20). The van der Waals surface area contributed by atoms with Gasteiger partial charge in [0.25, 0.3) is 5.91 Å². The molecule has 1 fully saturated rings. The van der Waals surface area contributed by atoms with Crippen LogP contribution in [0.5, 0.6) is 0 Å². The van der Waals surface area contributed by atoms with Gasteiger partial charge in [-0.2, -0.15) is 0 Å². The number of hydrogen-bond donors (Lipinski definition) is 2. The number of benzene rings is 1. The highest BCUT2D eigenvalue weighted by molar-refractivity contribution is 6.36. The second kappa shape index (κ2) is 6.95. The average molecular weight is 296 g/mol. The van der Waals surface area contributed by atoms with Crippen LogP contribution < -0.4 is 11.1 Å². The summed E-state index contributed by atoms with van der Waals surface area (Å²) in [6, 6.07) is 5.47. The van der Waals surface area contributed by atoms with Crippen molar-refractivity contribution in [2.45, 2.75) is 32.2 Å². The fourth-order valence-electron chi connectivity index (χ4n) is 2.55. The molecule has 1 saturated heterocycles. The largest absolute Gasteiger partial charge is 0.398 e. The Balaban J connectivity index is 1.89. The maximum absolute atomic E-state index is 12.1. The Bertz CT molecular complexity index is 472. The van der Waals surface area contributed by atoms with E-state index in [1.165, 1.54) is 19.3 Å². The van der Waals surface area contributed by atoms with Crippen LogP contribution in [0.25, 0.3) is 0 Å². The third-order valence-electron chi connectivity index (χ3n) is 3.85. The summed E-state index contributed by atoms with van der Waals surface area (Å²) in [5.41, 5.74) is 6.59. The lowest BCUT2D eigenvalue weighted by molar-refractivity contribution is 0.0930. The molecule has 1 atom stereocenters. The van der Waals surface area contributed by atoms with Crippen molar-refractivity contribution in [2.24, 2.45) is 0 Å². The second-order valence-electron chi connectivity index (χ2n) is 5.36. The Hall–Kier alpha value is -1.26. The van der Waals surface area contributed by atoms with Crippen LogP contribution in [0.15, 0.2) is 18.2 Å². The molecular formula is C15H22ClN3O. The average Bonchev–Trinajstić information content (AvgIpc) is 2.48. The predicted octanol–water partition coefficient (Wildman–Crippen LogP) is 2.53. The number of piperidine rings is 1. The van der Waals surface area contributed by atoms with Gasteiger partial charge in [-0.3, -0.25) is 9.69 Å². The molecule has 0 bridgehead atoms. The van der Waals surface area contributed by atoms with Crippen LogP contribution in [0, 0.1) is 0 Å². The molecule has 1 amide bonds. The number of likely N-dealkylation sites (tertiary alicyclic amines) is 1. The Morgan fingerprint density at radius 2 is 2.10 bits per heavy atom. The first-order valence-electron chi connectivity index (χ1n) is 7.16. The lowest BCUT2D eigenvalue weighted by atomic mass is 10.1. The van der Waals surface area contributed by atoms with Crippen molar-refractivity contribution >= 4 is 23.2 Å². The molecule has 20 heavy (non-hydrogen) atoms. The van der Waals surface area contributed by atoms with Crippen LogP contribution in [0.3, 0.4) is 0 Å². The van der Waals surface area contributed by atoms with Crippen molar-refractivity contribution < 1.29 is 4.79 Å². The zero-order valence-electron chi connectivity index (χ0n) is 11.9. The highest BCUT2D eigenvalue weighted by Crippen LogP contribution is 2.22. The van der Waals surface area contributed by atoms with Crippen LogP contribution in [-0.4, -0.2) is 36.5 Å². The zero-order valence-corrected chi connectivity index (χ0v) is 12.6. The molecule has 3 N–H and O–H groups in total. The number of amides is 1. The summed E-state index contributed by atoms with van der Waals surface area (Å²) in [4.78, 5) is 14.6. The number of nitrogen functional groups attached to an aromatic ring is 1. The molecule has 0 aromatic heterocycles. The number of nitrogens with zero attached hydrogens (tertiary/aromatic N) is 1. The molecule has 2 rings (SSSR count). The molecule has 0 radical (unpaired) electrons. The van der Waals surface area contributed by atoms with Gasteiger partial charge in [0.15, 0.2) is 0 Å². The third-order valence-corrected chi connectivity index (χ3v) is 4.27. The van der Waals surface area contributed by atoms with Crippen molar-refractivity contribution in [3.63, 3.8) is 0 Å². The monoisotopic (exact) mass is 295 g/mol. The summed E-state index contributed by atoms with van der Waals surface area (Å²) in [5, 5.41) is 3.27. The summed E-state index contributed by atoms with van der Waals surface area (Å²) in [6.45, 7) is 5.02. The van der Waals surface area contributed by atoms with Gasteiger partial charge < -0.3 is 11.1 Å². The Morgan fingerprint density at radius 1 is 1.40 bits per heavy atom.